The molecule has 0 saturated heterocycles. The summed E-state index contributed by atoms with van der Waals surface area (Å²) >= 11 is 11.7. The van der Waals surface area contributed by atoms with Crippen molar-refractivity contribution in [1.29, 1.82) is 0 Å². The number of halogens is 2. The molecule has 1 aliphatic carbocycles. The van der Waals surface area contributed by atoms with Crippen LogP contribution in [-0.2, 0) is 14.4 Å². The van der Waals surface area contributed by atoms with Gasteiger partial charge in [0, 0.05) is 52.7 Å². The topological polar surface area (TPSA) is 63.7 Å². The maximum atomic E-state index is 12.6. The first-order chi connectivity index (χ1) is 14.1. The molecular formula is C23H27Cl2NO4. The van der Waals surface area contributed by atoms with E-state index in [9.17, 15) is 14.4 Å². The molecule has 0 bridgehead atoms. The molecule has 0 aromatic heterocycles. The lowest BCUT2D eigenvalue weighted by Crippen LogP contribution is -2.31. The number of allylic oxidation sites excluding steroid dienone is 4. The molecule has 1 aromatic rings. The fourth-order valence-corrected chi connectivity index (χ4v) is 4.00. The minimum Gasteiger partial charge on any atom is -0.427 e. The van der Waals surface area contributed by atoms with E-state index in [2.05, 4.69) is 0 Å². The third kappa shape index (κ3) is 5.73. The lowest BCUT2D eigenvalue weighted by atomic mass is 9.73. The number of hydrogen-bond acceptors (Lipinski definition) is 5. The van der Waals surface area contributed by atoms with Gasteiger partial charge >= 0.3 is 5.97 Å². The van der Waals surface area contributed by atoms with Crippen LogP contribution in [0.15, 0.2) is 47.1 Å². The second-order valence-corrected chi connectivity index (χ2v) is 8.67. The summed E-state index contributed by atoms with van der Waals surface area (Å²) < 4.78 is 5.48. The van der Waals surface area contributed by atoms with Crippen molar-refractivity contribution in [3.8, 4) is 5.75 Å². The number of carbonyl (C=O) groups is 3. The molecule has 0 spiro atoms. The van der Waals surface area contributed by atoms with Gasteiger partial charge in [-0.25, -0.2) is 0 Å². The van der Waals surface area contributed by atoms with Crippen molar-refractivity contribution in [3.63, 3.8) is 0 Å². The zero-order chi connectivity index (χ0) is 22.5. The molecular weight excluding hydrogens is 425 g/mol. The highest BCUT2D eigenvalue weighted by Gasteiger charge is 2.37. The number of ketones is 2. The van der Waals surface area contributed by atoms with E-state index in [1.807, 2.05) is 17.0 Å². The van der Waals surface area contributed by atoms with E-state index in [0.29, 0.717) is 47.3 Å². The molecule has 7 heteroatoms. The minimum absolute atomic E-state index is 0.0294. The Kier molecular flexibility index (Phi) is 8.27. The highest BCUT2D eigenvalue weighted by molar-refractivity contribution is 6.23. The number of Topliss-reactive ketones (excluding diaryl/α,β-unsaturated/α-hetero) is 1. The number of hydrogen-bond donors (Lipinski definition) is 0. The predicted octanol–water partition coefficient (Wildman–Crippen LogP) is 4.71. The van der Waals surface area contributed by atoms with Crippen LogP contribution in [-0.4, -0.2) is 42.4 Å². The quantitative estimate of drug-likeness (QED) is 0.235. The number of alkyl halides is 2. The zero-order valence-electron chi connectivity index (χ0n) is 17.8. The van der Waals surface area contributed by atoms with Gasteiger partial charge in [0.1, 0.15) is 5.75 Å². The van der Waals surface area contributed by atoms with Gasteiger partial charge in [-0.05, 0) is 44.2 Å². The Morgan fingerprint density at radius 3 is 2.13 bits per heavy atom. The van der Waals surface area contributed by atoms with Crippen LogP contribution in [0.2, 0.25) is 0 Å². The fraction of sp³-hybridized carbons (Fsp3) is 0.435. The van der Waals surface area contributed by atoms with Crippen molar-refractivity contribution in [2.45, 2.75) is 34.1 Å². The van der Waals surface area contributed by atoms with Crippen molar-refractivity contribution >= 4 is 46.4 Å². The van der Waals surface area contributed by atoms with Gasteiger partial charge in [-0.3, -0.25) is 14.4 Å². The van der Waals surface area contributed by atoms with Crippen molar-refractivity contribution in [2.75, 3.05) is 29.7 Å². The number of esters is 1. The molecule has 162 valence electrons. The van der Waals surface area contributed by atoms with Crippen LogP contribution in [0.4, 0.5) is 5.69 Å². The molecule has 0 aliphatic heterocycles. The van der Waals surface area contributed by atoms with Gasteiger partial charge < -0.3 is 9.64 Å². The van der Waals surface area contributed by atoms with E-state index in [1.165, 1.54) is 6.08 Å². The Morgan fingerprint density at radius 1 is 1.03 bits per heavy atom. The monoisotopic (exact) mass is 451 g/mol. The summed E-state index contributed by atoms with van der Waals surface area (Å²) in [5.41, 5.74) is 1.24. The minimum atomic E-state index is -0.832. The highest BCUT2D eigenvalue weighted by Crippen LogP contribution is 2.37. The van der Waals surface area contributed by atoms with Crippen LogP contribution < -0.4 is 9.64 Å². The van der Waals surface area contributed by atoms with E-state index in [0.717, 1.165) is 5.69 Å². The second kappa shape index (κ2) is 10.3. The summed E-state index contributed by atoms with van der Waals surface area (Å²) in [5, 5.41) is 0. The average molecular weight is 452 g/mol. The number of carbonyl (C=O) groups excluding carboxylic acids is 3. The zero-order valence-corrected chi connectivity index (χ0v) is 19.3. The van der Waals surface area contributed by atoms with E-state index in [-0.39, 0.29) is 18.0 Å². The smallest absolute Gasteiger partial charge is 0.312 e. The largest absolute Gasteiger partial charge is 0.427 e. The van der Waals surface area contributed by atoms with Gasteiger partial charge in [0.05, 0.1) is 6.42 Å². The van der Waals surface area contributed by atoms with Gasteiger partial charge in [-0.2, -0.15) is 0 Å². The van der Waals surface area contributed by atoms with Crippen molar-refractivity contribution in [1.82, 2.24) is 0 Å². The van der Waals surface area contributed by atoms with Gasteiger partial charge in [0.25, 0.3) is 0 Å². The summed E-state index contributed by atoms with van der Waals surface area (Å²) in [6, 6.07) is 7.11. The van der Waals surface area contributed by atoms with Crippen LogP contribution in [0.3, 0.4) is 0 Å². The molecule has 2 rings (SSSR count). The van der Waals surface area contributed by atoms with Gasteiger partial charge in [0.15, 0.2) is 11.6 Å². The van der Waals surface area contributed by atoms with Crippen molar-refractivity contribution in [2.24, 2.45) is 5.41 Å². The Bertz CT molecular complexity index is 879. The van der Waals surface area contributed by atoms with E-state index in [4.69, 9.17) is 27.9 Å². The van der Waals surface area contributed by atoms with E-state index < -0.39 is 11.4 Å². The number of rotatable bonds is 9. The summed E-state index contributed by atoms with van der Waals surface area (Å²) in [5.74, 6) is 0.496. The van der Waals surface area contributed by atoms with Crippen LogP contribution >= 0.6 is 23.2 Å². The molecule has 0 amide bonds. The highest BCUT2D eigenvalue weighted by atomic mass is 35.5. The first kappa shape index (κ1) is 24.2. The molecule has 0 N–H and O–H groups in total. The van der Waals surface area contributed by atoms with Crippen molar-refractivity contribution < 1.29 is 19.1 Å². The molecule has 0 heterocycles. The fourth-order valence-electron chi connectivity index (χ4n) is 3.59. The molecule has 1 aromatic carbocycles. The molecule has 0 radical (unpaired) electrons. The summed E-state index contributed by atoms with van der Waals surface area (Å²) in [4.78, 5) is 39.4. The van der Waals surface area contributed by atoms with Crippen LogP contribution in [0.1, 0.15) is 34.1 Å². The lowest BCUT2D eigenvalue weighted by Gasteiger charge is -2.29. The van der Waals surface area contributed by atoms with Crippen LogP contribution in [0.5, 0.6) is 5.75 Å². The Balaban J connectivity index is 2.10. The standard InChI is InChI=1S/C23H27Cl2NO4/c1-15-13-19(27)16(2)21(22(15)29)23(3,4)14-20(28)30-18-7-5-17(6-8-18)26(11-9-24)12-10-25/h5-8,13H,9-12,14H2,1-4H3. The van der Waals surface area contributed by atoms with Crippen LogP contribution in [0, 0.1) is 5.41 Å². The van der Waals surface area contributed by atoms with Crippen molar-refractivity contribution in [3.05, 3.63) is 47.1 Å². The third-order valence-electron chi connectivity index (χ3n) is 5.08. The number of ether oxygens (including phenoxy) is 1. The molecule has 0 fully saturated rings. The summed E-state index contributed by atoms with van der Waals surface area (Å²) in [7, 11) is 0. The molecule has 1 aliphatic rings. The maximum absolute atomic E-state index is 12.6. The number of anilines is 1. The number of nitrogens with zero attached hydrogens (tertiary/aromatic N) is 1. The first-order valence-corrected chi connectivity index (χ1v) is 10.8. The predicted molar refractivity (Wildman–Crippen MR) is 121 cm³/mol. The Labute approximate surface area is 187 Å². The van der Waals surface area contributed by atoms with E-state index in [1.54, 1.807) is 39.8 Å². The first-order valence-electron chi connectivity index (χ1n) is 9.77. The van der Waals surface area contributed by atoms with Crippen LogP contribution in [0.25, 0.3) is 0 Å². The molecule has 0 saturated carbocycles. The van der Waals surface area contributed by atoms with Gasteiger partial charge in [0.2, 0.25) is 0 Å². The maximum Gasteiger partial charge on any atom is 0.312 e. The summed E-state index contributed by atoms with van der Waals surface area (Å²) in [6.07, 6.45) is 1.31. The Hall–Kier alpha value is -2.11. The molecule has 0 unspecified atom stereocenters. The Morgan fingerprint density at radius 2 is 1.60 bits per heavy atom. The SMILES string of the molecule is CC1=CC(=O)C(C)=C(C(C)(C)CC(=O)Oc2ccc(N(CCCl)CCCl)cc2)C1=O. The van der Waals surface area contributed by atoms with E-state index >= 15 is 0 Å². The average Bonchev–Trinajstić information content (AvgIpc) is 2.66. The molecule has 0 atom stereocenters. The second-order valence-electron chi connectivity index (χ2n) is 7.91. The molecule has 30 heavy (non-hydrogen) atoms. The normalized spacial score (nSPS) is 14.7. The summed E-state index contributed by atoms with van der Waals surface area (Å²) in [6.45, 7) is 8.11. The van der Waals surface area contributed by atoms with Gasteiger partial charge in [-0.1, -0.05) is 13.8 Å². The molecule has 5 nitrogen and oxygen atoms in total. The lowest BCUT2D eigenvalue weighted by molar-refractivity contribution is -0.136. The number of benzene rings is 1. The third-order valence-corrected chi connectivity index (χ3v) is 5.42. The van der Waals surface area contributed by atoms with Gasteiger partial charge in [-0.15, -0.1) is 23.2 Å².